The zero-order valence-electron chi connectivity index (χ0n) is 15.7. The molecule has 2 atom stereocenters. The van der Waals surface area contributed by atoms with E-state index < -0.39 is 11.5 Å². The van der Waals surface area contributed by atoms with Gasteiger partial charge in [0.1, 0.15) is 0 Å². The van der Waals surface area contributed by atoms with Crippen molar-refractivity contribution in [1.82, 2.24) is 0 Å². The molecule has 0 saturated carbocycles. The fourth-order valence-electron chi connectivity index (χ4n) is 2.54. The molecule has 140 valence electrons. The first-order valence-corrected chi connectivity index (χ1v) is 10.1. The highest BCUT2D eigenvalue weighted by atomic mass is 35.5. The topological polar surface area (TPSA) is 61.5 Å². The van der Waals surface area contributed by atoms with Crippen molar-refractivity contribution in [3.63, 3.8) is 0 Å². The number of halogens is 1. The third kappa shape index (κ3) is 5.99. The van der Waals surface area contributed by atoms with Crippen LogP contribution in [0.2, 0.25) is 0 Å². The van der Waals surface area contributed by atoms with E-state index in [-0.39, 0.29) is 12.6 Å². The van der Waals surface area contributed by atoms with Gasteiger partial charge in [0, 0.05) is 11.6 Å². The normalized spacial score (nSPS) is 14.1. The van der Waals surface area contributed by atoms with Crippen molar-refractivity contribution in [3.05, 3.63) is 46.4 Å². The minimum atomic E-state index is -0.860. The van der Waals surface area contributed by atoms with E-state index in [9.17, 15) is 4.79 Å². The quantitative estimate of drug-likeness (QED) is 0.386. The van der Waals surface area contributed by atoms with Gasteiger partial charge in [-0.05, 0) is 49.4 Å². The van der Waals surface area contributed by atoms with Gasteiger partial charge < -0.3 is 15.2 Å². The second kappa shape index (κ2) is 10.2. The summed E-state index contributed by atoms with van der Waals surface area (Å²) in [5.74, 6) is 2.06. The van der Waals surface area contributed by atoms with Crippen LogP contribution in [0.1, 0.15) is 43.6 Å². The summed E-state index contributed by atoms with van der Waals surface area (Å²) in [6, 6.07) is 5.95. The molecule has 4 nitrogen and oxygen atoms in total. The van der Waals surface area contributed by atoms with E-state index >= 15 is 0 Å². The predicted molar refractivity (Wildman–Crippen MR) is 106 cm³/mol. The van der Waals surface area contributed by atoms with Crippen LogP contribution in [0.5, 0.6) is 0 Å². The van der Waals surface area contributed by atoms with E-state index in [1.54, 1.807) is 0 Å². The molecular formula is C19H29ClNO3P. The van der Waals surface area contributed by atoms with Gasteiger partial charge in [-0.1, -0.05) is 33.7 Å². The van der Waals surface area contributed by atoms with Crippen molar-refractivity contribution < 1.29 is 14.3 Å². The molecule has 0 bridgehead atoms. The molecule has 0 aromatic heterocycles. The average molecular weight is 386 g/mol. The molecule has 0 amide bonds. The van der Waals surface area contributed by atoms with E-state index in [0.717, 1.165) is 22.9 Å². The molecule has 0 saturated heterocycles. The minimum absolute atomic E-state index is 0.266. The first kappa shape index (κ1) is 22.0. The van der Waals surface area contributed by atoms with Gasteiger partial charge in [-0.15, -0.1) is 11.6 Å². The second-order valence-electron chi connectivity index (χ2n) is 6.50. The molecule has 1 rings (SSSR count). The standard InChI is InChI=1S/C19H29ClNO3P/c1-6-25-12-16(21)11-24-17(19(3,4)18(22)23-5)14-8-7-13(2)15(9-14)10-20/h7-9,12,17,25H,6,10-11,21H2,1-5H3/b16-12-. The molecule has 2 unspecified atom stereocenters. The number of carbonyl (C=O) groups is 1. The molecule has 0 aliphatic carbocycles. The Morgan fingerprint density at radius 2 is 2.12 bits per heavy atom. The number of methoxy groups -OCH3 is 1. The zero-order valence-corrected chi connectivity index (χ0v) is 17.4. The van der Waals surface area contributed by atoms with Crippen molar-refractivity contribution in [2.75, 3.05) is 19.9 Å². The van der Waals surface area contributed by atoms with E-state index in [1.807, 2.05) is 44.8 Å². The Bertz CT molecular complexity index is 617. The van der Waals surface area contributed by atoms with Gasteiger partial charge in [0.05, 0.1) is 25.2 Å². The van der Waals surface area contributed by atoms with Gasteiger partial charge >= 0.3 is 5.97 Å². The first-order chi connectivity index (χ1) is 11.8. The maximum absolute atomic E-state index is 12.3. The fourth-order valence-corrected chi connectivity index (χ4v) is 3.38. The third-order valence-corrected chi connectivity index (χ3v) is 5.37. The Balaban J connectivity index is 3.17. The summed E-state index contributed by atoms with van der Waals surface area (Å²) in [5, 5.41) is 0. The zero-order chi connectivity index (χ0) is 19.0. The number of benzene rings is 1. The molecule has 0 heterocycles. The van der Waals surface area contributed by atoms with Crippen LogP contribution in [-0.4, -0.2) is 25.8 Å². The van der Waals surface area contributed by atoms with Gasteiger partial charge in [-0.25, -0.2) is 0 Å². The van der Waals surface area contributed by atoms with Crippen molar-refractivity contribution in [1.29, 1.82) is 0 Å². The molecule has 0 spiro atoms. The number of esters is 1. The van der Waals surface area contributed by atoms with E-state index in [1.165, 1.54) is 7.11 Å². The predicted octanol–water partition coefficient (Wildman–Crippen LogP) is 4.49. The number of carbonyl (C=O) groups excluding carboxylic acids is 1. The summed E-state index contributed by atoms with van der Waals surface area (Å²) in [4.78, 5) is 12.3. The molecular weight excluding hydrogens is 357 g/mol. The van der Waals surface area contributed by atoms with E-state index in [4.69, 9.17) is 26.8 Å². The lowest BCUT2D eigenvalue weighted by molar-refractivity contribution is -0.160. The number of aryl methyl sites for hydroxylation is 1. The molecule has 0 fully saturated rings. The van der Waals surface area contributed by atoms with Gasteiger partial charge in [0.25, 0.3) is 0 Å². The lowest BCUT2D eigenvalue weighted by atomic mass is 9.81. The molecule has 0 radical (unpaired) electrons. The van der Waals surface area contributed by atoms with Crippen LogP contribution in [0.3, 0.4) is 0 Å². The van der Waals surface area contributed by atoms with E-state index in [2.05, 4.69) is 6.92 Å². The highest BCUT2D eigenvalue weighted by Gasteiger charge is 2.40. The Morgan fingerprint density at radius 3 is 2.68 bits per heavy atom. The lowest BCUT2D eigenvalue weighted by Crippen LogP contribution is -2.35. The Morgan fingerprint density at radius 1 is 1.44 bits per heavy atom. The van der Waals surface area contributed by atoms with Crippen LogP contribution in [-0.2, 0) is 20.1 Å². The third-order valence-electron chi connectivity index (χ3n) is 4.10. The summed E-state index contributed by atoms with van der Waals surface area (Å²) in [5.41, 5.74) is 8.86. The van der Waals surface area contributed by atoms with Gasteiger partial charge in [-0.3, -0.25) is 4.79 Å². The molecule has 25 heavy (non-hydrogen) atoms. The average Bonchev–Trinajstić information content (AvgIpc) is 2.60. The highest BCUT2D eigenvalue weighted by molar-refractivity contribution is 7.41. The number of nitrogens with two attached hydrogens (primary N) is 1. The molecule has 6 heteroatoms. The number of hydrogen-bond donors (Lipinski definition) is 1. The monoisotopic (exact) mass is 385 g/mol. The Kier molecular flexibility index (Phi) is 8.92. The van der Waals surface area contributed by atoms with Crippen LogP contribution in [0, 0.1) is 12.3 Å². The Hall–Kier alpha value is -1.09. The molecule has 1 aromatic rings. The number of ether oxygens (including phenoxy) is 2. The van der Waals surface area contributed by atoms with Crippen molar-refractivity contribution in [2.45, 2.75) is 39.7 Å². The van der Waals surface area contributed by atoms with Crippen LogP contribution in [0.25, 0.3) is 0 Å². The van der Waals surface area contributed by atoms with Crippen LogP contribution < -0.4 is 5.73 Å². The summed E-state index contributed by atoms with van der Waals surface area (Å²) >= 11 is 6.04. The second-order valence-corrected chi connectivity index (χ2v) is 8.17. The Labute approximate surface area is 157 Å². The molecule has 1 aromatic carbocycles. The number of alkyl halides is 1. The van der Waals surface area contributed by atoms with Crippen LogP contribution in [0.4, 0.5) is 0 Å². The van der Waals surface area contributed by atoms with E-state index in [0.29, 0.717) is 20.2 Å². The molecule has 2 N–H and O–H groups in total. The number of hydrogen-bond acceptors (Lipinski definition) is 4. The summed E-state index contributed by atoms with van der Waals surface area (Å²) in [7, 11) is 2.05. The van der Waals surface area contributed by atoms with Crippen LogP contribution >= 0.6 is 20.2 Å². The number of rotatable bonds is 9. The first-order valence-electron chi connectivity index (χ1n) is 8.31. The minimum Gasteiger partial charge on any atom is -0.469 e. The SMILES string of the molecule is CCP/C=C(\N)COC(c1ccc(C)c(CCl)c1)C(C)(C)C(=O)OC. The van der Waals surface area contributed by atoms with Crippen LogP contribution in [0.15, 0.2) is 29.7 Å². The van der Waals surface area contributed by atoms with Gasteiger partial charge in [0.15, 0.2) is 0 Å². The lowest BCUT2D eigenvalue weighted by Gasteiger charge is -2.32. The summed E-state index contributed by atoms with van der Waals surface area (Å²) < 4.78 is 11.1. The molecule has 0 aliphatic rings. The van der Waals surface area contributed by atoms with Crippen molar-refractivity contribution in [2.24, 2.45) is 11.1 Å². The molecule has 0 aliphatic heterocycles. The smallest absolute Gasteiger partial charge is 0.314 e. The van der Waals surface area contributed by atoms with Crippen molar-refractivity contribution in [3.8, 4) is 0 Å². The summed E-state index contributed by atoms with van der Waals surface area (Å²) in [6.45, 7) is 8.01. The van der Waals surface area contributed by atoms with Gasteiger partial charge in [-0.2, -0.15) is 0 Å². The fraction of sp³-hybridized carbons (Fsp3) is 0.526. The van der Waals surface area contributed by atoms with Gasteiger partial charge in [0.2, 0.25) is 0 Å². The maximum Gasteiger partial charge on any atom is 0.314 e. The highest BCUT2D eigenvalue weighted by Crippen LogP contribution is 2.38. The summed E-state index contributed by atoms with van der Waals surface area (Å²) in [6.07, 6.45) is 0.564. The van der Waals surface area contributed by atoms with Crippen molar-refractivity contribution >= 4 is 26.2 Å². The maximum atomic E-state index is 12.3. The largest absolute Gasteiger partial charge is 0.469 e.